The van der Waals surface area contributed by atoms with E-state index in [-0.39, 0.29) is 0 Å². The lowest BCUT2D eigenvalue weighted by Crippen LogP contribution is -2.66. The van der Waals surface area contributed by atoms with Crippen molar-refractivity contribution < 1.29 is 0 Å². The molecule has 0 aliphatic rings. The van der Waals surface area contributed by atoms with Gasteiger partial charge in [0.1, 0.15) is 0 Å². The largest absolute Gasteiger partial charge is 0.172 e. The molecule has 1 heteroatoms. The third-order valence-corrected chi connectivity index (χ3v) is 9.69. The van der Waals surface area contributed by atoms with E-state index in [1.54, 1.807) is 0 Å². The van der Waals surface area contributed by atoms with Gasteiger partial charge in [0.15, 0.2) is 8.07 Å². The number of hydrogen-bond acceptors (Lipinski definition) is 0. The summed E-state index contributed by atoms with van der Waals surface area (Å²) < 4.78 is 0. The topological polar surface area (TPSA) is 0 Å². The van der Waals surface area contributed by atoms with E-state index in [2.05, 4.69) is 134 Å². The average Bonchev–Trinajstić information content (AvgIpc) is 2.78. The Morgan fingerprint density at radius 2 is 0.893 bits per heavy atom. The fraction of sp³-hybridized carbons (Fsp3) is 0.0370. The van der Waals surface area contributed by atoms with Crippen LogP contribution < -0.4 is 15.6 Å². The van der Waals surface area contributed by atoms with Gasteiger partial charge in [0.05, 0.1) is 0 Å². The van der Waals surface area contributed by atoms with E-state index in [4.69, 9.17) is 0 Å². The number of aryl methyl sites for hydroxylation is 1. The zero-order chi connectivity index (χ0) is 19.2. The SMILES string of the molecule is Cc1ccc(/C=C/[Si](c2ccccc2)(c2ccccc2)c2ccccc2)cc1. The van der Waals surface area contributed by atoms with Gasteiger partial charge in [-0.15, -0.1) is 0 Å². The molecule has 0 amide bonds. The first-order valence-electron chi connectivity index (χ1n) is 9.71. The molecule has 0 fully saturated rings. The number of benzene rings is 4. The Hall–Kier alpha value is -3.16. The Balaban J connectivity index is 1.97. The van der Waals surface area contributed by atoms with Crippen LogP contribution in [0.15, 0.2) is 121 Å². The molecule has 0 nitrogen and oxygen atoms in total. The normalized spacial score (nSPS) is 11.6. The smallest absolute Gasteiger partial charge is 0.0812 e. The molecule has 4 aromatic rings. The lowest BCUT2D eigenvalue weighted by Gasteiger charge is -2.30. The second kappa shape index (κ2) is 8.24. The fourth-order valence-electron chi connectivity index (χ4n) is 3.79. The second-order valence-electron chi connectivity index (χ2n) is 7.15. The van der Waals surface area contributed by atoms with Gasteiger partial charge < -0.3 is 0 Å². The van der Waals surface area contributed by atoms with Crippen molar-refractivity contribution in [3.8, 4) is 0 Å². The molecule has 0 atom stereocenters. The summed E-state index contributed by atoms with van der Waals surface area (Å²) in [7, 11) is -2.30. The van der Waals surface area contributed by atoms with Gasteiger partial charge in [-0.2, -0.15) is 0 Å². The predicted octanol–water partition coefficient (Wildman–Crippen LogP) is 4.72. The first-order chi connectivity index (χ1) is 13.8. The Morgan fingerprint density at radius 1 is 0.500 bits per heavy atom. The maximum Gasteiger partial charge on any atom is 0.172 e. The third kappa shape index (κ3) is 3.62. The molecule has 0 unspecified atom stereocenters. The van der Waals surface area contributed by atoms with Crippen LogP contribution >= 0.6 is 0 Å². The summed E-state index contributed by atoms with van der Waals surface area (Å²) in [4.78, 5) is 0. The molecule has 0 N–H and O–H groups in total. The van der Waals surface area contributed by atoms with Gasteiger partial charge in [0, 0.05) is 0 Å². The molecule has 28 heavy (non-hydrogen) atoms. The minimum atomic E-state index is -2.30. The summed E-state index contributed by atoms with van der Waals surface area (Å²) in [5.41, 5.74) is 5.01. The van der Waals surface area contributed by atoms with Crippen LogP contribution in [0, 0.1) is 6.92 Å². The zero-order valence-electron chi connectivity index (χ0n) is 16.1. The molecule has 0 bridgehead atoms. The highest BCUT2D eigenvalue weighted by Gasteiger charge is 2.36. The fourth-order valence-corrected chi connectivity index (χ4v) is 7.97. The quantitative estimate of drug-likeness (QED) is 0.349. The van der Waals surface area contributed by atoms with Gasteiger partial charge in [0.2, 0.25) is 0 Å². The van der Waals surface area contributed by atoms with E-state index in [1.807, 2.05) is 0 Å². The standard InChI is InChI=1S/C27H24Si/c1-23-17-19-24(20-18-23)21-22-28(25-11-5-2-6-12-25,26-13-7-3-8-14-26)27-15-9-4-10-16-27/h2-22H,1H3/b22-21+. The first kappa shape index (κ1) is 18.2. The highest BCUT2D eigenvalue weighted by Crippen LogP contribution is 2.13. The summed E-state index contributed by atoms with van der Waals surface area (Å²) in [6.45, 7) is 2.13. The summed E-state index contributed by atoms with van der Waals surface area (Å²) in [6, 6.07) is 41.7. The Kier molecular flexibility index (Phi) is 5.36. The van der Waals surface area contributed by atoms with E-state index in [0.29, 0.717) is 0 Å². The lowest BCUT2D eigenvalue weighted by atomic mass is 10.1. The van der Waals surface area contributed by atoms with Gasteiger partial charge in [-0.05, 0) is 28.0 Å². The molecule has 0 aliphatic heterocycles. The molecule has 0 aliphatic carbocycles. The van der Waals surface area contributed by atoms with Crippen LogP contribution in [0.3, 0.4) is 0 Å². The maximum atomic E-state index is 2.48. The van der Waals surface area contributed by atoms with Crippen LogP contribution in [0.1, 0.15) is 11.1 Å². The monoisotopic (exact) mass is 376 g/mol. The van der Waals surface area contributed by atoms with Crippen molar-refractivity contribution >= 4 is 29.7 Å². The highest BCUT2D eigenvalue weighted by atomic mass is 28.3. The minimum Gasteiger partial charge on any atom is -0.0812 e. The number of rotatable bonds is 5. The molecule has 4 rings (SSSR count). The van der Waals surface area contributed by atoms with E-state index in [1.165, 1.54) is 26.7 Å². The average molecular weight is 377 g/mol. The molecule has 0 aromatic heterocycles. The van der Waals surface area contributed by atoms with Crippen LogP contribution in [0.2, 0.25) is 0 Å². The molecule has 0 radical (unpaired) electrons. The maximum absolute atomic E-state index is 2.48. The molecule has 0 saturated carbocycles. The van der Waals surface area contributed by atoms with Gasteiger partial charge >= 0.3 is 0 Å². The summed E-state index contributed by atoms with van der Waals surface area (Å²) in [6.07, 6.45) is 2.30. The molecule has 4 aromatic carbocycles. The van der Waals surface area contributed by atoms with Gasteiger partial charge in [-0.1, -0.05) is 133 Å². The zero-order valence-corrected chi connectivity index (χ0v) is 17.1. The van der Waals surface area contributed by atoms with Crippen molar-refractivity contribution in [1.29, 1.82) is 0 Å². The van der Waals surface area contributed by atoms with E-state index >= 15 is 0 Å². The lowest BCUT2D eigenvalue weighted by molar-refractivity contribution is 1.46. The molecule has 136 valence electrons. The number of hydrogen-bond donors (Lipinski definition) is 0. The Bertz CT molecular complexity index is 937. The van der Waals surface area contributed by atoms with E-state index in [9.17, 15) is 0 Å². The summed E-state index contributed by atoms with van der Waals surface area (Å²) in [5.74, 6) is 0. The van der Waals surface area contributed by atoms with E-state index in [0.717, 1.165) is 0 Å². The van der Waals surface area contributed by atoms with Crippen molar-refractivity contribution in [2.45, 2.75) is 6.92 Å². The summed E-state index contributed by atoms with van der Waals surface area (Å²) in [5, 5.41) is 4.20. The van der Waals surface area contributed by atoms with Crippen LogP contribution in [-0.4, -0.2) is 8.07 Å². The second-order valence-corrected chi connectivity index (χ2v) is 10.8. The van der Waals surface area contributed by atoms with Crippen LogP contribution in [-0.2, 0) is 0 Å². The molecule has 0 saturated heterocycles. The first-order valence-corrected chi connectivity index (χ1v) is 11.8. The third-order valence-electron chi connectivity index (χ3n) is 5.29. The molecule has 0 spiro atoms. The highest BCUT2D eigenvalue weighted by molar-refractivity contribution is 7.15. The molecular formula is C27H24Si. The van der Waals surface area contributed by atoms with E-state index < -0.39 is 8.07 Å². The van der Waals surface area contributed by atoms with Crippen LogP contribution in [0.4, 0.5) is 0 Å². The van der Waals surface area contributed by atoms with Gasteiger partial charge in [-0.3, -0.25) is 0 Å². The minimum absolute atomic E-state index is 1.24. The van der Waals surface area contributed by atoms with Gasteiger partial charge in [0.25, 0.3) is 0 Å². The Labute approximate surface area is 168 Å². The van der Waals surface area contributed by atoms with Crippen LogP contribution in [0.25, 0.3) is 6.08 Å². The van der Waals surface area contributed by atoms with Crippen molar-refractivity contribution in [2.75, 3.05) is 0 Å². The van der Waals surface area contributed by atoms with Crippen molar-refractivity contribution in [2.24, 2.45) is 0 Å². The summed E-state index contributed by atoms with van der Waals surface area (Å²) >= 11 is 0. The molecule has 0 heterocycles. The molecular weight excluding hydrogens is 352 g/mol. The van der Waals surface area contributed by atoms with Crippen molar-refractivity contribution in [3.05, 3.63) is 132 Å². The van der Waals surface area contributed by atoms with Gasteiger partial charge in [-0.25, -0.2) is 0 Å². The Morgan fingerprint density at radius 3 is 1.29 bits per heavy atom. The van der Waals surface area contributed by atoms with Crippen molar-refractivity contribution in [1.82, 2.24) is 0 Å². The van der Waals surface area contributed by atoms with Crippen LogP contribution in [0.5, 0.6) is 0 Å². The predicted molar refractivity (Wildman–Crippen MR) is 124 cm³/mol. The van der Waals surface area contributed by atoms with Crippen molar-refractivity contribution in [3.63, 3.8) is 0 Å².